The van der Waals surface area contributed by atoms with E-state index >= 15 is 0 Å². The third-order valence-electron chi connectivity index (χ3n) is 2.50. The minimum absolute atomic E-state index is 0.0225. The molecule has 0 aromatic carbocycles. The van der Waals surface area contributed by atoms with Crippen molar-refractivity contribution in [2.75, 3.05) is 24.6 Å². The standard InChI is InChI=1S/C12H21NO4S/c1-11(2)7-13(8-12(3,4)17-11)9(14)5-18-6-10(15)16/h5-8H2,1-4H3,(H,15,16). The van der Waals surface area contributed by atoms with Gasteiger partial charge in [0.25, 0.3) is 0 Å². The number of ether oxygens (including phenoxy) is 1. The van der Waals surface area contributed by atoms with Gasteiger partial charge in [0.1, 0.15) is 0 Å². The average Bonchev–Trinajstić information content (AvgIpc) is 2.11. The summed E-state index contributed by atoms with van der Waals surface area (Å²) in [7, 11) is 0. The van der Waals surface area contributed by atoms with Gasteiger partial charge in [-0.3, -0.25) is 9.59 Å². The van der Waals surface area contributed by atoms with Crippen molar-refractivity contribution < 1.29 is 19.4 Å². The van der Waals surface area contributed by atoms with Crippen LogP contribution in [0.4, 0.5) is 0 Å². The molecule has 5 nitrogen and oxygen atoms in total. The van der Waals surface area contributed by atoms with E-state index in [-0.39, 0.29) is 28.6 Å². The van der Waals surface area contributed by atoms with Crippen LogP contribution in [0.25, 0.3) is 0 Å². The Hall–Kier alpha value is -0.750. The van der Waals surface area contributed by atoms with Crippen molar-refractivity contribution >= 4 is 23.6 Å². The molecule has 104 valence electrons. The van der Waals surface area contributed by atoms with Gasteiger partial charge in [-0.1, -0.05) is 0 Å². The van der Waals surface area contributed by atoms with Gasteiger partial charge in [0.15, 0.2) is 0 Å². The highest BCUT2D eigenvalue weighted by Crippen LogP contribution is 2.28. The molecule has 1 N–H and O–H groups in total. The van der Waals surface area contributed by atoms with Crippen molar-refractivity contribution in [3.63, 3.8) is 0 Å². The van der Waals surface area contributed by atoms with Gasteiger partial charge in [-0.2, -0.15) is 0 Å². The van der Waals surface area contributed by atoms with Crippen LogP contribution in [0.15, 0.2) is 0 Å². The van der Waals surface area contributed by atoms with E-state index in [0.29, 0.717) is 13.1 Å². The number of hydrogen-bond acceptors (Lipinski definition) is 4. The zero-order valence-corrected chi connectivity index (χ0v) is 12.2. The molecule has 0 atom stereocenters. The third-order valence-corrected chi connectivity index (χ3v) is 3.40. The van der Waals surface area contributed by atoms with Crippen LogP contribution in [0.1, 0.15) is 27.7 Å². The molecule has 0 aliphatic carbocycles. The first kappa shape index (κ1) is 15.3. The minimum atomic E-state index is -0.893. The predicted octanol–water partition coefficient (Wildman–Crippen LogP) is 1.22. The van der Waals surface area contributed by atoms with Crippen LogP contribution in [-0.4, -0.2) is 57.7 Å². The number of morpholine rings is 1. The maximum atomic E-state index is 12.0. The number of amides is 1. The van der Waals surface area contributed by atoms with E-state index in [1.165, 1.54) is 0 Å². The lowest BCUT2D eigenvalue weighted by Gasteiger charge is -2.47. The Morgan fingerprint density at radius 2 is 1.67 bits per heavy atom. The van der Waals surface area contributed by atoms with E-state index in [0.717, 1.165) is 11.8 Å². The van der Waals surface area contributed by atoms with Crippen molar-refractivity contribution in [2.24, 2.45) is 0 Å². The molecule has 0 unspecified atom stereocenters. The maximum absolute atomic E-state index is 12.0. The van der Waals surface area contributed by atoms with E-state index in [1.54, 1.807) is 4.90 Å². The lowest BCUT2D eigenvalue weighted by molar-refractivity contribution is -0.186. The monoisotopic (exact) mass is 275 g/mol. The van der Waals surface area contributed by atoms with Gasteiger partial charge in [-0.15, -0.1) is 11.8 Å². The summed E-state index contributed by atoms with van der Waals surface area (Å²) < 4.78 is 5.89. The molecule has 1 rings (SSSR count). The Kier molecular flexibility index (Phi) is 4.66. The summed E-state index contributed by atoms with van der Waals surface area (Å²) in [6.07, 6.45) is 0. The van der Waals surface area contributed by atoms with Crippen LogP contribution < -0.4 is 0 Å². The van der Waals surface area contributed by atoms with Crippen LogP contribution in [0.3, 0.4) is 0 Å². The number of carbonyl (C=O) groups is 2. The van der Waals surface area contributed by atoms with E-state index in [2.05, 4.69) is 0 Å². The van der Waals surface area contributed by atoms with E-state index < -0.39 is 5.97 Å². The smallest absolute Gasteiger partial charge is 0.313 e. The van der Waals surface area contributed by atoms with Gasteiger partial charge >= 0.3 is 5.97 Å². The van der Waals surface area contributed by atoms with Crippen molar-refractivity contribution in [1.29, 1.82) is 0 Å². The zero-order valence-electron chi connectivity index (χ0n) is 11.4. The summed E-state index contributed by atoms with van der Waals surface area (Å²) in [6.45, 7) is 8.92. The second kappa shape index (κ2) is 5.48. The molecule has 0 spiro atoms. The highest BCUT2D eigenvalue weighted by atomic mass is 32.2. The lowest BCUT2D eigenvalue weighted by atomic mass is 9.99. The summed E-state index contributed by atoms with van der Waals surface area (Å²) in [5, 5.41) is 8.54. The van der Waals surface area contributed by atoms with Crippen molar-refractivity contribution in [1.82, 2.24) is 4.90 Å². The number of carboxylic acids is 1. The molecule has 1 heterocycles. The first-order valence-electron chi connectivity index (χ1n) is 5.89. The fourth-order valence-electron chi connectivity index (χ4n) is 2.28. The molecule has 0 bridgehead atoms. The average molecular weight is 275 g/mol. The molecule has 6 heteroatoms. The molecule has 0 saturated carbocycles. The normalized spacial score (nSPS) is 21.7. The van der Waals surface area contributed by atoms with Crippen molar-refractivity contribution in [3.05, 3.63) is 0 Å². The molecule has 0 radical (unpaired) electrons. The fourth-order valence-corrected chi connectivity index (χ4v) is 2.91. The van der Waals surface area contributed by atoms with Crippen LogP contribution >= 0.6 is 11.8 Å². The lowest BCUT2D eigenvalue weighted by Crippen LogP contribution is -2.59. The molecule has 0 aromatic heterocycles. The summed E-state index contributed by atoms with van der Waals surface area (Å²) >= 11 is 1.13. The van der Waals surface area contributed by atoms with Crippen molar-refractivity contribution in [3.8, 4) is 0 Å². The molecule has 1 aliphatic heterocycles. The molecule has 0 aromatic rings. The number of rotatable bonds is 4. The van der Waals surface area contributed by atoms with Gasteiger partial charge in [0.2, 0.25) is 5.91 Å². The minimum Gasteiger partial charge on any atom is -0.481 e. The van der Waals surface area contributed by atoms with Crippen molar-refractivity contribution in [2.45, 2.75) is 38.9 Å². The number of carbonyl (C=O) groups excluding carboxylic acids is 1. The van der Waals surface area contributed by atoms with Crippen LogP contribution in [0.5, 0.6) is 0 Å². The van der Waals surface area contributed by atoms with E-state index in [9.17, 15) is 9.59 Å². The van der Waals surface area contributed by atoms with E-state index in [4.69, 9.17) is 9.84 Å². The predicted molar refractivity (Wildman–Crippen MR) is 70.8 cm³/mol. The zero-order chi connectivity index (χ0) is 14.0. The third kappa shape index (κ3) is 4.86. The summed E-state index contributed by atoms with van der Waals surface area (Å²) in [5.74, 6) is -0.748. The van der Waals surface area contributed by atoms with Gasteiger partial charge in [-0.05, 0) is 27.7 Å². The van der Waals surface area contributed by atoms with Gasteiger partial charge in [0.05, 0.1) is 22.7 Å². The van der Waals surface area contributed by atoms with Gasteiger partial charge in [-0.25, -0.2) is 0 Å². The Morgan fingerprint density at radius 1 is 1.17 bits per heavy atom. The second-order valence-corrected chi connectivity index (χ2v) is 6.74. The number of nitrogens with zero attached hydrogens (tertiary/aromatic N) is 1. The maximum Gasteiger partial charge on any atom is 0.313 e. The van der Waals surface area contributed by atoms with Crippen LogP contribution in [0, 0.1) is 0 Å². The Balaban J connectivity index is 2.54. The Bertz CT molecular complexity index is 325. The molecule has 18 heavy (non-hydrogen) atoms. The SMILES string of the molecule is CC1(C)CN(C(=O)CSCC(=O)O)CC(C)(C)O1. The highest BCUT2D eigenvalue weighted by molar-refractivity contribution is 8.00. The fraction of sp³-hybridized carbons (Fsp3) is 0.833. The molecular formula is C12H21NO4S. The number of hydrogen-bond donors (Lipinski definition) is 1. The summed E-state index contributed by atoms with van der Waals surface area (Å²) in [5.41, 5.74) is -0.732. The largest absolute Gasteiger partial charge is 0.481 e. The topological polar surface area (TPSA) is 66.8 Å². The molecule has 1 amide bonds. The molecule has 1 saturated heterocycles. The first-order chi connectivity index (χ1) is 8.11. The highest BCUT2D eigenvalue weighted by Gasteiger charge is 2.39. The Morgan fingerprint density at radius 3 is 2.11 bits per heavy atom. The summed E-state index contributed by atoms with van der Waals surface area (Å²) in [4.78, 5) is 24.2. The van der Waals surface area contributed by atoms with Gasteiger partial charge in [0, 0.05) is 13.1 Å². The molecular weight excluding hydrogens is 254 g/mol. The summed E-state index contributed by atoms with van der Waals surface area (Å²) in [6, 6.07) is 0. The quantitative estimate of drug-likeness (QED) is 0.835. The molecule has 1 fully saturated rings. The van der Waals surface area contributed by atoms with E-state index in [1.807, 2.05) is 27.7 Å². The number of thioether (sulfide) groups is 1. The first-order valence-corrected chi connectivity index (χ1v) is 7.04. The van der Waals surface area contributed by atoms with Crippen LogP contribution in [0.2, 0.25) is 0 Å². The second-order valence-electron chi connectivity index (χ2n) is 5.76. The number of carboxylic acid groups (broad SMARTS) is 1. The number of aliphatic carboxylic acids is 1. The molecule has 1 aliphatic rings. The van der Waals surface area contributed by atoms with Crippen LogP contribution in [-0.2, 0) is 14.3 Å². The van der Waals surface area contributed by atoms with Gasteiger partial charge < -0.3 is 14.7 Å². The Labute approximate surface area is 112 Å².